The van der Waals surface area contributed by atoms with Crippen molar-refractivity contribution in [3.05, 3.63) is 29.8 Å². The minimum atomic E-state index is -0.146. The van der Waals surface area contributed by atoms with Gasteiger partial charge in [0.1, 0.15) is 5.75 Å². The molecule has 0 spiro atoms. The van der Waals surface area contributed by atoms with Crippen LogP contribution in [-0.4, -0.2) is 32.9 Å². The average Bonchev–Trinajstić information content (AvgIpc) is 3.29. The second kappa shape index (κ2) is 7.31. The minimum Gasteiger partial charge on any atom is -0.497 e. The van der Waals surface area contributed by atoms with E-state index in [-0.39, 0.29) is 18.1 Å². The Morgan fingerprint density at radius 1 is 1.24 bits per heavy atom. The molecule has 1 aromatic rings. The number of ether oxygens (including phenoxy) is 2. The van der Waals surface area contributed by atoms with Gasteiger partial charge in [-0.25, -0.2) is 4.79 Å². The van der Waals surface area contributed by atoms with Crippen molar-refractivity contribution in [3.8, 4) is 5.75 Å². The zero-order valence-electron chi connectivity index (χ0n) is 12.9. The molecule has 1 aliphatic rings. The second-order valence-electron chi connectivity index (χ2n) is 5.56. The van der Waals surface area contributed by atoms with Crippen LogP contribution >= 0.6 is 0 Å². The Balaban J connectivity index is 1.97. The Labute approximate surface area is 126 Å². The van der Waals surface area contributed by atoms with E-state index in [1.807, 2.05) is 31.2 Å². The van der Waals surface area contributed by atoms with E-state index in [0.29, 0.717) is 12.5 Å². The molecule has 2 unspecified atom stereocenters. The van der Waals surface area contributed by atoms with Gasteiger partial charge in [-0.2, -0.15) is 0 Å². The summed E-state index contributed by atoms with van der Waals surface area (Å²) in [5.74, 6) is 1.35. The first-order valence-corrected chi connectivity index (χ1v) is 7.34. The maximum absolute atomic E-state index is 12.1. The average molecular weight is 292 g/mol. The monoisotopic (exact) mass is 292 g/mol. The third-order valence-corrected chi connectivity index (χ3v) is 3.65. The third-order valence-electron chi connectivity index (χ3n) is 3.65. The molecule has 0 radical (unpaired) electrons. The Kier molecular flexibility index (Phi) is 5.44. The van der Waals surface area contributed by atoms with Crippen LogP contribution in [0.3, 0.4) is 0 Å². The number of urea groups is 1. The maximum Gasteiger partial charge on any atom is 0.315 e. The predicted octanol–water partition coefficient (Wildman–Crippen LogP) is 2.48. The highest BCUT2D eigenvalue weighted by atomic mass is 16.5. The van der Waals surface area contributed by atoms with Gasteiger partial charge < -0.3 is 20.1 Å². The van der Waals surface area contributed by atoms with Gasteiger partial charge in [-0.3, -0.25) is 0 Å². The van der Waals surface area contributed by atoms with Crippen LogP contribution in [0.2, 0.25) is 0 Å². The van der Waals surface area contributed by atoms with Gasteiger partial charge >= 0.3 is 6.03 Å². The molecule has 2 atom stereocenters. The molecule has 2 amide bonds. The highest BCUT2D eigenvalue weighted by molar-refractivity contribution is 5.74. The summed E-state index contributed by atoms with van der Waals surface area (Å²) in [4.78, 5) is 12.1. The number of nitrogens with one attached hydrogen (secondary N) is 2. The molecule has 1 aliphatic carbocycles. The lowest BCUT2D eigenvalue weighted by Gasteiger charge is -2.21. The van der Waals surface area contributed by atoms with Crippen molar-refractivity contribution in [1.29, 1.82) is 0 Å². The van der Waals surface area contributed by atoms with Crippen molar-refractivity contribution in [2.24, 2.45) is 5.92 Å². The molecule has 1 fully saturated rings. The summed E-state index contributed by atoms with van der Waals surface area (Å²) in [6, 6.07) is 7.79. The molecule has 0 bridgehead atoms. The van der Waals surface area contributed by atoms with Crippen LogP contribution in [0.25, 0.3) is 0 Å². The molecule has 1 aromatic carbocycles. The number of benzene rings is 1. The quantitative estimate of drug-likeness (QED) is 0.811. The zero-order chi connectivity index (χ0) is 15.2. The molecule has 0 aromatic heterocycles. The van der Waals surface area contributed by atoms with E-state index in [2.05, 4.69) is 10.6 Å². The SMILES string of the molecule is COCC(C)NC(=O)NC(c1ccc(OC)cc1)C1CC1. The van der Waals surface area contributed by atoms with Gasteiger partial charge in [0.05, 0.1) is 25.8 Å². The lowest BCUT2D eigenvalue weighted by atomic mass is 10.0. The third kappa shape index (κ3) is 4.63. The first-order chi connectivity index (χ1) is 10.1. The molecule has 0 aliphatic heterocycles. The van der Waals surface area contributed by atoms with Crippen LogP contribution in [0, 0.1) is 5.92 Å². The van der Waals surface area contributed by atoms with E-state index in [4.69, 9.17) is 9.47 Å². The molecule has 0 saturated heterocycles. The number of methoxy groups -OCH3 is 2. The fourth-order valence-corrected chi connectivity index (χ4v) is 2.41. The van der Waals surface area contributed by atoms with Gasteiger partial charge in [0.2, 0.25) is 0 Å². The van der Waals surface area contributed by atoms with E-state index in [0.717, 1.165) is 24.2 Å². The molecule has 0 heterocycles. The van der Waals surface area contributed by atoms with Crippen molar-refractivity contribution in [1.82, 2.24) is 10.6 Å². The smallest absolute Gasteiger partial charge is 0.315 e. The molecule has 2 N–H and O–H groups in total. The number of carbonyl (C=O) groups excluding carboxylic acids is 1. The first kappa shape index (κ1) is 15.6. The topological polar surface area (TPSA) is 59.6 Å². The van der Waals surface area contributed by atoms with Crippen LogP contribution in [0.15, 0.2) is 24.3 Å². The largest absolute Gasteiger partial charge is 0.497 e. The molecular formula is C16H24N2O3. The van der Waals surface area contributed by atoms with Crippen molar-refractivity contribution < 1.29 is 14.3 Å². The number of rotatable bonds is 7. The van der Waals surface area contributed by atoms with Gasteiger partial charge in [0.15, 0.2) is 0 Å². The summed E-state index contributed by atoms with van der Waals surface area (Å²) in [6.07, 6.45) is 2.31. The van der Waals surface area contributed by atoms with Gasteiger partial charge in [0.25, 0.3) is 0 Å². The number of carbonyl (C=O) groups is 1. The van der Waals surface area contributed by atoms with E-state index in [1.54, 1.807) is 14.2 Å². The molecule has 5 heteroatoms. The Bertz CT molecular complexity index is 457. The molecule has 1 saturated carbocycles. The van der Waals surface area contributed by atoms with Crippen LogP contribution in [-0.2, 0) is 4.74 Å². The van der Waals surface area contributed by atoms with Gasteiger partial charge in [0, 0.05) is 7.11 Å². The molecule has 5 nitrogen and oxygen atoms in total. The Morgan fingerprint density at radius 3 is 2.43 bits per heavy atom. The minimum absolute atomic E-state index is 0.00859. The maximum atomic E-state index is 12.1. The lowest BCUT2D eigenvalue weighted by molar-refractivity contribution is 0.170. The summed E-state index contributed by atoms with van der Waals surface area (Å²) in [7, 11) is 3.27. The first-order valence-electron chi connectivity index (χ1n) is 7.34. The standard InChI is InChI=1S/C16H24N2O3/c1-11(10-20-2)17-16(19)18-15(12-4-5-12)13-6-8-14(21-3)9-7-13/h6-9,11-12,15H,4-5,10H2,1-3H3,(H2,17,18,19). The highest BCUT2D eigenvalue weighted by Crippen LogP contribution is 2.41. The van der Waals surface area contributed by atoms with E-state index in [9.17, 15) is 4.79 Å². The van der Waals surface area contributed by atoms with Crippen molar-refractivity contribution in [2.75, 3.05) is 20.8 Å². The van der Waals surface area contributed by atoms with E-state index >= 15 is 0 Å². The van der Waals surface area contributed by atoms with Crippen molar-refractivity contribution in [3.63, 3.8) is 0 Å². The Hall–Kier alpha value is -1.75. The van der Waals surface area contributed by atoms with E-state index in [1.165, 1.54) is 0 Å². The number of amides is 2. The van der Waals surface area contributed by atoms with Crippen molar-refractivity contribution in [2.45, 2.75) is 31.8 Å². The van der Waals surface area contributed by atoms with Gasteiger partial charge in [-0.05, 0) is 43.4 Å². The Morgan fingerprint density at radius 2 is 1.90 bits per heavy atom. The number of hydrogen-bond donors (Lipinski definition) is 2. The summed E-state index contributed by atoms with van der Waals surface area (Å²) in [6.45, 7) is 2.42. The zero-order valence-corrected chi connectivity index (χ0v) is 12.9. The highest BCUT2D eigenvalue weighted by Gasteiger charge is 2.33. The fourth-order valence-electron chi connectivity index (χ4n) is 2.41. The summed E-state index contributed by atoms with van der Waals surface area (Å²) >= 11 is 0. The van der Waals surface area contributed by atoms with Gasteiger partial charge in [-0.15, -0.1) is 0 Å². The molecule has 2 rings (SSSR count). The summed E-state index contributed by atoms with van der Waals surface area (Å²) in [5, 5.41) is 5.96. The fraction of sp³-hybridized carbons (Fsp3) is 0.562. The normalized spacial score (nSPS) is 16.9. The van der Waals surface area contributed by atoms with E-state index < -0.39 is 0 Å². The molecule has 116 valence electrons. The van der Waals surface area contributed by atoms with Crippen LogP contribution < -0.4 is 15.4 Å². The van der Waals surface area contributed by atoms with Crippen LogP contribution in [0.4, 0.5) is 4.79 Å². The van der Waals surface area contributed by atoms with Crippen LogP contribution in [0.5, 0.6) is 5.75 Å². The second-order valence-corrected chi connectivity index (χ2v) is 5.56. The predicted molar refractivity (Wildman–Crippen MR) is 81.5 cm³/mol. The van der Waals surface area contributed by atoms with Crippen LogP contribution in [0.1, 0.15) is 31.4 Å². The molecule has 21 heavy (non-hydrogen) atoms. The van der Waals surface area contributed by atoms with Crippen molar-refractivity contribution >= 4 is 6.03 Å². The van der Waals surface area contributed by atoms with Gasteiger partial charge in [-0.1, -0.05) is 12.1 Å². The number of hydrogen-bond acceptors (Lipinski definition) is 3. The summed E-state index contributed by atoms with van der Waals surface area (Å²) in [5.41, 5.74) is 1.12. The summed E-state index contributed by atoms with van der Waals surface area (Å²) < 4.78 is 10.2. The molecular weight excluding hydrogens is 268 g/mol. The lowest BCUT2D eigenvalue weighted by Crippen LogP contribution is -2.44.